The van der Waals surface area contributed by atoms with Gasteiger partial charge in [-0.1, -0.05) is 6.92 Å². The van der Waals surface area contributed by atoms with Gasteiger partial charge >= 0.3 is 0 Å². The third-order valence-electron chi connectivity index (χ3n) is 2.64. The van der Waals surface area contributed by atoms with E-state index in [1.165, 1.54) is 6.42 Å². The van der Waals surface area contributed by atoms with E-state index in [2.05, 4.69) is 28.2 Å². The van der Waals surface area contributed by atoms with Gasteiger partial charge in [-0.25, -0.2) is 0 Å². The number of ether oxygens (including phenoxy) is 1. The number of methoxy groups -OCH3 is 1. The van der Waals surface area contributed by atoms with Gasteiger partial charge in [0.15, 0.2) is 0 Å². The zero-order valence-electron chi connectivity index (χ0n) is 12.2. The van der Waals surface area contributed by atoms with E-state index in [4.69, 9.17) is 4.74 Å². The third kappa shape index (κ3) is 15.8. The molecule has 0 aromatic heterocycles. The number of hydrogen-bond acceptors (Lipinski definition) is 5. The van der Waals surface area contributed by atoms with Crippen molar-refractivity contribution in [3.05, 3.63) is 0 Å². The Hall–Kier alpha value is -0.200. The minimum atomic E-state index is 0.873. The second-order valence-electron chi connectivity index (χ2n) is 4.30. The van der Waals surface area contributed by atoms with Crippen molar-refractivity contribution in [2.24, 2.45) is 0 Å². The molecule has 0 atom stereocenters. The van der Waals surface area contributed by atoms with Gasteiger partial charge in [-0.15, -0.1) is 0 Å². The Balaban J connectivity index is 2.86. The summed E-state index contributed by atoms with van der Waals surface area (Å²) in [6.07, 6.45) is 2.34. The number of hydrogen-bond donors (Lipinski definition) is 4. The fraction of sp³-hybridized carbons (Fsp3) is 1.00. The average Bonchev–Trinajstić information content (AvgIpc) is 2.39. The molecule has 0 bridgehead atoms. The van der Waals surface area contributed by atoms with Crippen LogP contribution in [0.4, 0.5) is 0 Å². The molecule has 110 valence electrons. The van der Waals surface area contributed by atoms with Crippen molar-refractivity contribution in [1.82, 2.24) is 21.3 Å². The molecule has 0 heterocycles. The first-order valence-corrected chi connectivity index (χ1v) is 7.23. The third-order valence-corrected chi connectivity index (χ3v) is 2.64. The fourth-order valence-electron chi connectivity index (χ4n) is 1.58. The van der Waals surface area contributed by atoms with Gasteiger partial charge in [0.25, 0.3) is 0 Å². The van der Waals surface area contributed by atoms with E-state index in [0.717, 1.165) is 65.4 Å². The maximum Gasteiger partial charge on any atom is 0.0462 e. The van der Waals surface area contributed by atoms with Crippen molar-refractivity contribution >= 4 is 0 Å². The van der Waals surface area contributed by atoms with Gasteiger partial charge in [-0.3, -0.25) is 0 Å². The van der Waals surface area contributed by atoms with Gasteiger partial charge in [-0.2, -0.15) is 0 Å². The van der Waals surface area contributed by atoms with E-state index in [-0.39, 0.29) is 0 Å². The highest BCUT2D eigenvalue weighted by molar-refractivity contribution is 4.56. The van der Waals surface area contributed by atoms with Crippen LogP contribution in [0.1, 0.15) is 19.8 Å². The summed E-state index contributed by atoms with van der Waals surface area (Å²) in [5.74, 6) is 0. The Morgan fingerprint density at radius 2 is 1.17 bits per heavy atom. The summed E-state index contributed by atoms with van der Waals surface area (Å²) in [6, 6.07) is 0. The zero-order valence-corrected chi connectivity index (χ0v) is 12.2. The van der Waals surface area contributed by atoms with E-state index in [9.17, 15) is 0 Å². The average molecular weight is 260 g/mol. The molecular formula is C13H32N4O. The van der Waals surface area contributed by atoms with Gasteiger partial charge in [-0.05, 0) is 25.9 Å². The molecule has 0 saturated carbocycles. The van der Waals surface area contributed by atoms with Crippen LogP contribution in [0.15, 0.2) is 0 Å². The summed E-state index contributed by atoms with van der Waals surface area (Å²) in [5.41, 5.74) is 0. The first-order chi connectivity index (χ1) is 8.91. The summed E-state index contributed by atoms with van der Waals surface area (Å²) in [5, 5.41) is 13.5. The lowest BCUT2D eigenvalue weighted by Gasteiger charge is -2.08. The van der Waals surface area contributed by atoms with Crippen molar-refractivity contribution in [3.8, 4) is 0 Å². The van der Waals surface area contributed by atoms with Crippen LogP contribution in [0.2, 0.25) is 0 Å². The van der Waals surface area contributed by atoms with E-state index in [1.54, 1.807) is 7.11 Å². The van der Waals surface area contributed by atoms with Crippen molar-refractivity contribution in [1.29, 1.82) is 0 Å². The van der Waals surface area contributed by atoms with Crippen LogP contribution < -0.4 is 21.3 Å². The maximum absolute atomic E-state index is 5.00. The quantitative estimate of drug-likeness (QED) is 0.307. The topological polar surface area (TPSA) is 57.3 Å². The first kappa shape index (κ1) is 17.8. The monoisotopic (exact) mass is 260 g/mol. The molecule has 0 aliphatic carbocycles. The Bertz CT molecular complexity index is 131. The zero-order chi connectivity index (χ0) is 13.3. The predicted molar refractivity (Wildman–Crippen MR) is 78.3 cm³/mol. The van der Waals surface area contributed by atoms with Crippen LogP contribution >= 0.6 is 0 Å². The van der Waals surface area contributed by atoms with E-state index in [1.807, 2.05) is 0 Å². The summed E-state index contributed by atoms with van der Waals surface area (Å²) in [6.45, 7) is 11.4. The maximum atomic E-state index is 5.00. The van der Waals surface area contributed by atoms with E-state index < -0.39 is 0 Å². The highest BCUT2D eigenvalue weighted by atomic mass is 16.5. The molecule has 0 saturated heterocycles. The Kier molecular flexibility index (Phi) is 16.6. The van der Waals surface area contributed by atoms with Crippen LogP contribution in [0.25, 0.3) is 0 Å². The summed E-state index contributed by atoms with van der Waals surface area (Å²) in [4.78, 5) is 0. The lowest BCUT2D eigenvalue weighted by molar-refractivity contribution is 0.192. The summed E-state index contributed by atoms with van der Waals surface area (Å²) >= 11 is 0. The van der Waals surface area contributed by atoms with Crippen molar-refractivity contribution in [3.63, 3.8) is 0 Å². The second kappa shape index (κ2) is 16.8. The van der Waals surface area contributed by atoms with Crippen LogP contribution in [-0.4, -0.2) is 66.1 Å². The molecule has 0 spiro atoms. The SMILES string of the molecule is CCNCCNCCNCCNCCCCOC. The molecule has 4 N–H and O–H groups in total. The van der Waals surface area contributed by atoms with Crippen LogP contribution in [0, 0.1) is 0 Å². The molecule has 0 unspecified atom stereocenters. The fourth-order valence-corrected chi connectivity index (χ4v) is 1.58. The molecule has 18 heavy (non-hydrogen) atoms. The van der Waals surface area contributed by atoms with Gasteiger partial charge in [0.1, 0.15) is 0 Å². The van der Waals surface area contributed by atoms with Crippen molar-refractivity contribution < 1.29 is 4.74 Å². The van der Waals surface area contributed by atoms with Gasteiger partial charge in [0.05, 0.1) is 0 Å². The molecule has 0 amide bonds. The van der Waals surface area contributed by atoms with Crippen LogP contribution in [0.5, 0.6) is 0 Å². The standard InChI is InChI=1S/C13H32N4O/c1-3-14-7-8-16-11-12-17-10-9-15-6-4-5-13-18-2/h14-17H,3-13H2,1-2H3. The van der Waals surface area contributed by atoms with Gasteiger partial charge < -0.3 is 26.0 Å². The smallest absolute Gasteiger partial charge is 0.0462 e. The van der Waals surface area contributed by atoms with Gasteiger partial charge in [0, 0.05) is 53.0 Å². The Morgan fingerprint density at radius 1 is 0.667 bits per heavy atom. The van der Waals surface area contributed by atoms with Crippen molar-refractivity contribution in [2.45, 2.75) is 19.8 Å². The molecule has 0 radical (unpaired) electrons. The number of nitrogens with one attached hydrogen (secondary N) is 4. The molecule has 5 heteroatoms. The minimum absolute atomic E-state index is 0.873. The van der Waals surface area contributed by atoms with Crippen molar-refractivity contribution in [2.75, 3.05) is 66.1 Å². The van der Waals surface area contributed by atoms with E-state index >= 15 is 0 Å². The Morgan fingerprint density at radius 3 is 1.67 bits per heavy atom. The lowest BCUT2D eigenvalue weighted by atomic mass is 10.3. The Labute approximate surface area is 112 Å². The normalized spacial score (nSPS) is 11.0. The minimum Gasteiger partial charge on any atom is -0.385 e. The predicted octanol–water partition coefficient (Wildman–Crippen LogP) is -0.209. The van der Waals surface area contributed by atoms with Crippen LogP contribution in [-0.2, 0) is 4.74 Å². The highest BCUT2D eigenvalue weighted by Gasteiger charge is 1.90. The summed E-state index contributed by atoms with van der Waals surface area (Å²) in [7, 11) is 1.75. The molecule has 0 aliphatic rings. The number of unbranched alkanes of at least 4 members (excludes halogenated alkanes) is 1. The summed E-state index contributed by atoms with van der Waals surface area (Å²) < 4.78 is 5.00. The molecule has 0 aromatic carbocycles. The molecule has 5 nitrogen and oxygen atoms in total. The van der Waals surface area contributed by atoms with Crippen LogP contribution in [0.3, 0.4) is 0 Å². The highest BCUT2D eigenvalue weighted by Crippen LogP contribution is 1.85. The first-order valence-electron chi connectivity index (χ1n) is 7.23. The molecule has 0 rings (SSSR count). The lowest BCUT2D eigenvalue weighted by Crippen LogP contribution is -2.35. The molecule has 0 aliphatic heterocycles. The molecule has 0 fully saturated rings. The van der Waals surface area contributed by atoms with E-state index in [0.29, 0.717) is 0 Å². The number of likely N-dealkylation sites (N-methyl/N-ethyl adjacent to an activating group) is 1. The molecule has 0 aromatic rings. The largest absolute Gasteiger partial charge is 0.385 e. The number of rotatable bonds is 15. The van der Waals surface area contributed by atoms with Gasteiger partial charge in [0.2, 0.25) is 0 Å². The second-order valence-corrected chi connectivity index (χ2v) is 4.30. The molecular weight excluding hydrogens is 228 g/mol.